The first-order chi connectivity index (χ1) is 9.49. The molecule has 2 N–H and O–H groups in total. The standard InChI is InChI=1S/C13H11N3O4/c1-8-2-3-9(6-11(8)16(19)20)15-13(18)10-4-5-14-7-12(10)17/h2-7,17H,1H3,(H,15,18). The maximum Gasteiger partial charge on any atom is 0.274 e. The van der Waals surface area contributed by atoms with E-state index in [4.69, 9.17) is 0 Å². The predicted octanol–water partition coefficient (Wildman–Crippen LogP) is 2.26. The molecule has 2 aromatic rings. The number of rotatable bonds is 3. The number of pyridine rings is 1. The number of carbonyl (C=O) groups excluding carboxylic acids is 1. The lowest BCUT2D eigenvalue weighted by Gasteiger charge is -2.07. The molecule has 0 saturated carbocycles. The smallest absolute Gasteiger partial charge is 0.274 e. The Morgan fingerprint density at radius 3 is 2.80 bits per heavy atom. The summed E-state index contributed by atoms with van der Waals surface area (Å²) in [5, 5.41) is 22.8. The Kier molecular flexibility index (Phi) is 3.60. The van der Waals surface area contributed by atoms with Gasteiger partial charge in [-0.1, -0.05) is 6.07 Å². The van der Waals surface area contributed by atoms with Crippen LogP contribution >= 0.6 is 0 Å². The van der Waals surface area contributed by atoms with Crippen molar-refractivity contribution in [2.75, 3.05) is 5.32 Å². The Bertz CT molecular complexity index is 685. The van der Waals surface area contributed by atoms with Gasteiger partial charge in [0.2, 0.25) is 0 Å². The summed E-state index contributed by atoms with van der Waals surface area (Å²) in [4.78, 5) is 25.9. The summed E-state index contributed by atoms with van der Waals surface area (Å²) < 4.78 is 0. The highest BCUT2D eigenvalue weighted by Crippen LogP contribution is 2.23. The van der Waals surface area contributed by atoms with Crippen molar-refractivity contribution >= 4 is 17.3 Å². The average molecular weight is 273 g/mol. The van der Waals surface area contributed by atoms with E-state index in [1.165, 1.54) is 18.3 Å². The monoisotopic (exact) mass is 273 g/mol. The number of hydrogen-bond acceptors (Lipinski definition) is 5. The van der Waals surface area contributed by atoms with E-state index in [9.17, 15) is 20.0 Å². The van der Waals surface area contributed by atoms with Crippen LogP contribution in [0.25, 0.3) is 0 Å². The summed E-state index contributed by atoms with van der Waals surface area (Å²) in [6.45, 7) is 1.61. The van der Waals surface area contributed by atoms with Crippen LogP contribution < -0.4 is 5.32 Å². The largest absolute Gasteiger partial charge is 0.505 e. The second-order valence-corrected chi connectivity index (χ2v) is 4.11. The van der Waals surface area contributed by atoms with Gasteiger partial charge in [0.25, 0.3) is 11.6 Å². The van der Waals surface area contributed by atoms with Gasteiger partial charge in [0.15, 0.2) is 0 Å². The van der Waals surface area contributed by atoms with Gasteiger partial charge < -0.3 is 10.4 Å². The topological polar surface area (TPSA) is 105 Å². The first-order valence-corrected chi connectivity index (χ1v) is 5.68. The third kappa shape index (κ3) is 2.72. The van der Waals surface area contributed by atoms with Gasteiger partial charge in [0.1, 0.15) is 5.75 Å². The number of nitrogens with one attached hydrogen (secondary N) is 1. The minimum atomic E-state index is -0.567. The molecule has 0 saturated heterocycles. The van der Waals surface area contributed by atoms with Crippen molar-refractivity contribution in [2.24, 2.45) is 0 Å². The van der Waals surface area contributed by atoms with E-state index in [0.717, 1.165) is 6.20 Å². The lowest BCUT2D eigenvalue weighted by atomic mass is 10.1. The fourth-order valence-electron chi connectivity index (χ4n) is 1.66. The van der Waals surface area contributed by atoms with Gasteiger partial charge in [-0.3, -0.25) is 19.9 Å². The highest BCUT2D eigenvalue weighted by molar-refractivity contribution is 6.06. The van der Waals surface area contributed by atoms with Crippen LogP contribution in [0, 0.1) is 17.0 Å². The molecule has 20 heavy (non-hydrogen) atoms. The molecule has 0 aliphatic carbocycles. The molecular weight excluding hydrogens is 262 g/mol. The summed E-state index contributed by atoms with van der Waals surface area (Å²) in [6, 6.07) is 5.72. The number of aromatic nitrogens is 1. The van der Waals surface area contributed by atoms with Gasteiger partial charge in [-0.15, -0.1) is 0 Å². The molecule has 1 aromatic carbocycles. The molecule has 2 rings (SSSR count). The van der Waals surface area contributed by atoms with E-state index >= 15 is 0 Å². The van der Waals surface area contributed by atoms with Gasteiger partial charge in [-0.05, 0) is 19.1 Å². The van der Waals surface area contributed by atoms with Crippen molar-refractivity contribution in [1.82, 2.24) is 4.98 Å². The normalized spacial score (nSPS) is 10.1. The molecule has 0 unspecified atom stereocenters. The number of aromatic hydroxyl groups is 1. The third-order valence-corrected chi connectivity index (χ3v) is 2.71. The molecule has 0 aliphatic heterocycles. The van der Waals surface area contributed by atoms with Gasteiger partial charge in [-0.25, -0.2) is 0 Å². The molecule has 0 aliphatic rings. The van der Waals surface area contributed by atoms with Gasteiger partial charge >= 0.3 is 0 Å². The molecule has 1 amide bonds. The van der Waals surface area contributed by atoms with Crippen LogP contribution in [0.3, 0.4) is 0 Å². The lowest BCUT2D eigenvalue weighted by molar-refractivity contribution is -0.385. The number of carbonyl (C=O) groups is 1. The number of benzene rings is 1. The van der Waals surface area contributed by atoms with E-state index in [2.05, 4.69) is 10.3 Å². The second-order valence-electron chi connectivity index (χ2n) is 4.11. The van der Waals surface area contributed by atoms with Crippen molar-refractivity contribution in [3.8, 4) is 5.75 Å². The molecule has 0 bridgehead atoms. The van der Waals surface area contributed by atoms with Crippen molar-refractivity contribution < 1.29 is 14.8 Å². The molecule has 7 nitrogen and oxygen atoms in total. The first kappa shape index (κ1) is 13.5. The summed E-state index contributed by atoms with van der Waals surface area (Å²) in [7, 11) is 0. The van der Waals surface area contributed by atoms with Crippen LogP contribution in [0.4, 0.5) is 11.4 Å². The first-order valence-electron chi connectivity index (χ1n) is 5.68. The number of nitrogens with zero attached hydrogens (tertiary/aromatic N) is 2. The Labute approximate surface area is 114 Å². The van der Waals surface area contributed by atoms with Crippen LogP contribution in [0.2, 0.25) is 0 Å². The Hall–Kier alpha value is -2.96. The molecule has 0 atom stereocenters. The molecule has 0 radical (unpaired) electrons. The third-order valence-electron chi connectivity index (χ3n) is 2.71. The number of nitro groups is 1. The van der Waals surface area contributed by atoms with Gasteiger partial charge in [0.05, 0.1) is 16.7 Å². The van der Waals surface area contributed by atoms with Crippen LogP contribution in [-0.4, -0.2) is 20.9 Å². The van der Waals surface area contributed by atoms with Crippen LogP contribution in [0.1, 0.15) is 15.9 Å². The van der Waals surface area contributed by atoms with E-state index in [1.54, 1.807) is 19.1 Å². The minimum absolute atomic E-state index is 0.0447. The number of amides is 1. The van der Waals surface area contributed by atoms with Gasteiger partial charge in [-0.2, -0.15) is 0 Å². The maximum atomic E-state index is 11.9. The summed E-state index contributed by atoms with van der Waals surface area (Å²) in [6.07, 6.45) is 2.51. The quantitative estimate of drug-likeness (QED) is 0.659. The van der Waals surface area contributed by atoms with Crippen molar-refractivity contribution in [1.29, 1.82) is 0 Å². The number of aryl methyl sites for hydroxylation is 1. The summed E-state index contributed by atoms with van der Waals surface area (Å²) >= 11 is 0. The number of nitro benzene ring substituents is 1. The van der Waals surface area contributed by atoms with E-state index in [0.29, 0.717) is 5.56 Å². The summed E-state index contributed by atoms with van der Waals surface area (Å²) in [5.74, 6) is -0.824. The predicted molar refractivity (Wildman–Crippen MR) is 71.7 cm³/mol. The molecule has 1 aromatic heterocycles. The maximum absolute atomic E-state index is 11.9. The van der Waals surface area contributed by atoms with Crippen molar-refractivity contribution in [2.45, 2.75) is 6.92 Å². The Morgan fingerprint density at radius 1 is 1.40 bits per heavy atom. The van der Waals surface area contributed by atoms with Crippen LogP contribution in [-0.2, 0) is 0 Å². The molecule has 1 heterocycles. The van der Waals surface area contributed by atoms with Crippen LogP contribution in [0.15, 0.2) is 36.7 Å². The molecule has 0 spiro atoms. The van der Waals surface area contributed by atoms with Crippen molar-refractivity contribution in [3.63, 3.8) is 0 Å². The van der Waals surface area contributed by atoms with Crippen molar-refractivity contribution in [3.05, 3.63) is 57.9 Å². The Morgan fingerprint density at radius 2 is 2.15 bits per heavy atom. The van der Waals surface area contributed by atoms with E-state index in [1.807, 2.05) is 0 Å². The van der Waals surface area contributed by atoms with E-state index in [-0.39, 0.29) is 22.7 Å². The second kappa shape index (κ2) is 5.35. The molecule has 0 fully saturated rings. The Balaban J connectivity index is 2.27. The number of anilines is 1. The highest BCUT2D eigenvalue weighted by Gasteiger charge is 2.14. The van der Waals surface area contributed by atoms with Gasteiger partial charge in [0, 0.05) is 23.5 Å². The molecule has 7 heteroatoms. The zero-order chi connectivity index (χ0) is 14.7. The lowest BCUT2D eigenvalue weighted by Crippen LogP contribution is -2.12. The fraction of sp³-hybridized carbons (Fsp3) is 0.0769. The molecular formula is C13H11N3O4. The average Bonchev–Trinajstić information content (AvgIpc) is 2.41. The van der Waals surface area contributed by atoms with Crippen LogP contribution in [0.5, 0.6) is 5.75 Å². The fourth-order valence-corrected chi connectivity index (χ4v) is 1.66. The number of hydrogen-bond donors (Lipinski definition) is 2. The molecule has 102 valence electrons. The highest BCUT2D eigenvalue weighted by atomic mass is 16.6. The minimum Gasteiger partial charge on any atom is -0.505 e. The zero-order valence-corrected chi connectivity index (χ0v) is 10.5. The summed E-state index contributed by atoms with van der Waals surface area (Å²) in [5.41, 5.74) is 0.744. The zero-order valence-electron chi connectivity index (χ0n) is 10.5. The SMILES string of the molecule is Cc1ccc(NC(=O)c2ccncc2O)cc1[N+](=O)[O-]. The van der Waals surface area contributed by atoms with E-state index < -0.39 is 10.8 Å².